The maximum atomic E-state index is 11.4. The predicted octanol–water partition coefficient (Wildman–Crippen LogP) is 3.23. The Morgan fingerprint density at radius 1 is 1.11 bits per heavy atom. The summed E-state index contributed by atoms with van der Waals surface area (Å²) in [5.41, 5.74) is 0. The SMILES string of the molecule is O=C1OCCN1CCc1nc(CCCOc2cccc3ccccc23)no1. The van der Waals surface area contributed by atoms with Crippen LogP contribution in [-0.4, -0.2) is 47.4 Å². The summed E-state index contributed by atoms with van der Waals surface area (Å²) in [6.45, 7) is 2.18. The second-order valence-electron chi connectivity index (χ2n) is 6.39. The molecule has 1 aliphatic rings. The summed E-state index contributed by atoms with van der Waals surface area (Å²) in [6.07, 6.45) is 1.73. The summed E-state index contributed by atoms with van der Waals surface area (Å²) in [6, 6.07) is 14.2. The number of carbonyl (C=O) groups is 1. The van der Waals surface area contributed by atoms with Gasteiger partial charge in [-0.3, -0.25) is 0 Å². The van der Waals surface area contributed by atoms with E-state index in [0.717, 1.165) is 17.6 Å². The third-order valence-electron chi connectivity index (χ3n) is 4.50. The lowest BCUT2D eigenvalue weighted by Gasteiger charge is -2.09. The van der Waals surface area contributed by atoms with Gasteiger partial charge in [-0.2, -0.15) is 4.98 Å². The molecular formula is C20H21N3O4. The number of rotatable bonds is 8. The number of amides is 1. The number of cyclic esters (lactones) is 1. The maximum absolute atomic E-state index is 11.4. The Balaban J connectivity index is 1.24. The Kier molecular flexibility index (Phi) is 5.18. The number of aromatic nitrogens is 2. The van der Waals surface area contributed by atoms with Gasteiger partial charge in [-0.15, -0.1) is 0 Å². The second-order valence-corrected chi connectivity index (χ2v) is 6.39. The van der Waals surface area contributed by atoms with Crippen molar-refractivity contribution in [2.24, 2.45) is 0 Å². The minimum absolute atomic E-state index is 0.277. The van der Waals surface area contributed by atoms with Crippen molar-refractivity contribution in [1.29, 1.82) is 0 Å². The van der Waals surface area contributed by atoms with Gasteiger partial charge in [0.05, 0.1) is 13.2 Å². The Morgan fingerprint density at radius 2 is 2.00 bits per heavy atom. The molecule has 0 N–H and O–H groups in total. The van der Waals surface area contributed by atoms with Gasteiger partial charge in [0, 0.05) is 24.8 Å². The molecule has 2 heterocycles. The van der Waals surface area contributed by atoms with E-state index < -0.39 is 0 Å². The molecular weight excluding hydrogens is 346 g/mol. The highest BCUT2D eigenvalue weighted by Gasteiger charge is 2.22. The van der Waals surface area contributed by atoms with Crippen LogP contribution in [0.2, 0.25) is 0 Å². The molecule has 0 spiro atoms. The van der Waals surface area contributed by atoms with Crippen LogP contribution in [0.3, 0.4) is 0 Å². The molecule has 7 nitrogen and oxygen atoms in total. The Morgan fingerprint density at radius 3 is 2.89 bits per heavy atom. The van der Waals surface area contributed by atoms with Crippen molar-refractivity contribution < 1.29 is 18.8 Å². The highest BCUT2D eigenvalue weighted by molar-refractivity contribution is 5.88. The zero-order chi connectivity index (χ0) is 18.5. The van der Waals surface area contributed by atoms with E-state index in [1.54, 1.807) is 4.90 Å². The third-order valence-corrected chi connectivity index (χ3v) is 4.50. The monoisotopic (exact) mass is 367 g/mol. The smallest absolute Gasteiger partial charge is 0.409 e. The first kappa shape index (κ1) is 17.3. The van der Waals surface area contributed by atoms with Crippen molar-refractivity contribution in [2.75, 3.05) is 26.3 Å². The Bertz CT molecular complexity index is 919. The lowest BCUT2D eigenvalue weighted by atomic mass is 10.1. The first-order valence-electron chi connectivity index (χ1n) is 9.13. The summed E-state index contributed by atoms with van der Waals surface area (Å²) >= 11 is 0. The summed E-state index contributed by atoms with van der Waals surface area (Å²) in [4.78, 5) is 17.4. The number of ether oxygens (including phenoxy) is 2. The van der Waals surface area contributed by atoms with Gasteiger partial charge in [-0.1, -0.05) is 41.6 Å². The van der Waals surface area contributed by atoms with Crippen LogP contribution in [0.25, 0.3) is 10.8 Å². The van der Waals surface area contributed by atoms with Gasteiger partial charge in [0.2, 0.25) is 5.89 Å². The van der Waals surface area contributed by atoms with Crippen molar-refractivity contribution in [3.63, 3.8) is 0 Å². The molecule has 1 saturated heterocycles. The molecule has 1 aromatic heterocycles. The molecule has 7 heteroatoms. The molecule has 0 unspecified atom stereocenters. The number of fused-ring (bicyclic) bond motifs is 1. The van der Waals surface area contributed by atoms with Crippen LogP contribution in [0.4, 0.5) is 4.79 Å². The lowest BCUT2D eigenvalue weighted by molar-refractivity contribution is 0.158. The van der Waals surface area contributed by atoms with Crippen molar-refractivity contribution in [3.05, 3.63) is 54.2 Å². The van der Waals surface area contributed by atoms with Crippen LogP contribution in [0, 0.1) is 0 Å². The third kappa shape index (κ3) is 4.19. The standard InChI is InChI=1S/C20H21N3O4/c24-20-23(12-14-26-20)11-10-19-21-18(22-27-19)9-4-13-25-17-8-3-6-15-5-1-2-7-16(15)17/h1-3,5-8H,4,9-14H2. The zero-order valence-corrected chi connectivity index (χ0v) is 15.0. The summed E-state index contributed by atoms with van der Waals surface area (Å²) in [5.74, 6) is 2.09. The number of nitrogens with zero attached hydrogens (tertiary/aromatic N) is 3. The van der Waals surface area contributed by atoms with E-state index in [-0.39, 0.29) is 6.09 Å². The number of benzene rings is 2. The minimum Gasteiger partial charge on any atom is -0.493 e. The van der Waals surface area contributed by atoms with Crippen molar-refractivity contribution >= 4 is 16.9 Å². The first-order chi connectivity index (χ1) is 13.3. The van der Waals surface area contributed by atoms with Crippen LogP contribution in [0.15, 0.2) is 47.0 Å². The van der Waals surface area contributed by atoms with Gasteiger partial charge in [-0.25, -0.2) is 4.79 Å². The molecule has 0 aliphatic carbocycles. The van der Waals surface area contributed by atoms with Gasteiger partial charge in [0.1, 0.15) is 12.4 Å². The van der Waals surface area contributed by atoms with E-state index in [9.17, 15) is 4.79 Å². The molecule has 0 atom stereocenters. The average Bonchev–Trinajstić information content (AvgIpc) is 3.32. The van der Waals surface area contributed by atoms with E-state index in [1.165, 1.54) is 5.39 Å². The highest BCUT2D eigenvalue weighted by Crippen LogP contribution is 2.25. The minimum atomic E-state index is -0.277. The maximum Gasteiger partial charge on any atom is 0.409 e. The highest BCUT2D eigenvalue weighted by atomic mass is 16.6. The predicted molar refractivity (Wildman–Crippen MR) is 98.7 cm³/mol. The van der Waals surface area contributed by atoms with Crippen LogP contribution in [0.1, 0.15) is 18.1 Å². The van der Waals surface area contributed by atoms with Crippen molar-refractivity contribution in [2.45, 2.75) is 19.3 Å². The van der Waals surface area contributed by atoms with Gasteiger partial charge in [-0.05, 0) is 17.9 Å². The molecule has 0 bridgehead atoms. The van der Waals surface area contributed by atoms with Gasteiger partial charge < -0.3 is 18.9 Å². The Hall–Kier alpha value is -3.09. The molecule has 1 amide bonds. The van der Waals surface area contributed by atoms with E-state index >= 15 is 0 Å². The van der Waals surface area contributed by atoms with Crippen LogP contribution in [0.5, 0.6) is 5.75 Å². The fraction of sp³-hybridized carbons (Fsp3) is 0.350. The normalized spacial score (nSPS) is 13.9. The molecule has 0 saturated carbocycles. The van der Waals surface area contributed by atoms with E-state index in [0.29, 0.717) is 50.9 Å². The first-order valence-corrected chi connectivity index (χ1v) is 9.13. The van der Waals surface area contributed by atoms with Crippen LogP contribution >= 0.6 is 0 Å². The average molecular weight is 367 g/mol. The largest absolute Gasteiger partial charge is 0.493 e. The Labute approximate surface area is 156 Å². The second kappa shape index (κ2) is 8.07. The van der Waals surface area contributed by atoms with E-state index in [4.69, 9.17) is 14.0 Å². The van der Waals surface area contributed by atoms with Crippen molar-refractivity contribution in [3.8, 4) is 5.75 Å². The molecule has 1 aliphatic heterocycles. The summed E-state index contributed by atoms with van der Waals surface area (Å²) in [5, 5.41) is 6.28. The fourth-order valence-corrected chi connectivity index (χ4v) is 3.09. The molecule has 140 valence electrons. The molecule has 3 aromatic rings. The quantitative estimate of drug-likeness (QED) is 0.569. The van der Waals surface area contributed by atoms with Gasteiger partial charge in [0.15, 0.2) is 5.82 Å². The summed E-state index contributed by atoms with van der Waals surface area (Å²) in [7, 11) is 0. The van der Waals surface area contributed by atoms with E-state index in [1.807, 2.05) is 24.3 Å². The number of hydrogen-bond donors (Lipinski definition) is 0. The van der Waals surface area contributed by atoms with Crippen molar-refractivity contribution in [1.82, 2.24) is 15.0 Å². The topological polar surface area (TPSA) is 77.7 Å². The lowest BCUT2D eigenvalue weighted by Crippen LogP contribution is -2.26. The molecule has 4 rings (SSSR count). The van der Waals surface area contributed by atoms with Crippen LogP contribution < -0.4 is 4.74 Å². The molecule has 2 aromatic carbocycles. The molecule has 1 fully saturated rings. The zero-order valence-electron chi connectivity index (χ0n) is 15.0. The molecule has 27 heavy (non-hydrogen) atoms. The fourth-order valence-electron chi connectivity index (χ4n) is 3.09. The van der Waals surface area contributed by atoms with E-state index in [2.05, 4.69) is 28.3 Å². The van der Waals surface area contributed by atoms with Gasteiger partial charge in [0.25, 0.3) is 0 Å². The number of carbonyl (C=O) groups excluding carboxylic acids is 1. The number of hydrogen-bond acceptors (Lipinski definition) is 6. The van der Waals surface area contributed by atoms with Gasteiger partial charge >= 0.3 is 6.09 Å². The van der Waals surface area contributed by atoms with Crippen LogP contribution in [-0.2, 0) is 17.6 Å². The molecule has 0 radical (unpaired) electrons. The number of aryl methyl sites for hydroxylation is 1. The summed E-state index contributed by atoms with van der Waals surface area (Å²) < 4.78 is 16.1.